The maximum atomic E-state index is 5.58. The number of ether oxygens (including phenoxy) is 1. The minimum Gasteiger partial charge on any atom is -0.381 e. The molecule has 0 unspecified atom stereocenters. The van der Waals surface area contributed by atoms with Crippen LogP contribution in [0.3, 0.4) is 0 Å². The first-order chi connectivity index (χ1) is 14.3. The van der Waals surface area contributed by atoms with E-state index >= 15 is 0 Å². The fraction of sp³-hybridized carbons (Fsp3) is 0.565. The van der Waals surface area contributed by atoms with Gasteiger partial charge in [-0.1, -0.05) is 24.3 Å². The topological polar surface area (TPSA) is 53.5 Å². The normalized spacial score (nSPS) is 23.2. The Morgan fingerprint density at radius 1 is 1.03 bits per heavy atom. The molecule has 5 rings (SSSR count). The van der Waals surface area contributed by atoms with Crippen molar-refractivity contribution >= 4 is 11.8 Å². The zero-order valence-corrected chi connectivity index (χ0v) is 17.3. The minimum absolute atomic E-state index is 0.398. The number of nitrogens with one attached hydrogen (secondary N) is 1. The third-order valence-corrected chi connectivity index (χ3v) is 6.77. The Morgan fingerprint density at radius 3 is 2.62 bits per heavy atom. The molecule has 3 aliphatic heterocycles. The van der Waals surface area contributed by atoms with Gasteiger partial charge < -0.3 is 15.0 Å². The van der Waals surface area contributed by atoms with Crippen LogP contribution in [-0.2, 0) is 17.7 Å². The van der Waals surface area contributed by atoms with Gasteiger partial charge in [-0.15, -0.1) is 0 Å². The molecular formula is C23H31N5O. The fourth-order valence-electron chi connectivity index (χ4n) is 4.99. The van der Waals surface area contributed by atoms with Crippen molar-refractivity contribution in [3.05, 3.63) is 47.2 Å². The first kappa shape index (κ1) is 18.8. The zero-order chi connectivity index (χ0) is 19.6. The van der Waals surface area contributed by atoms with Gasteiger partial charge in [0.25, 0.3) is 0 Å². The Kier molecular flexibility index (Phi) is 5.38. The fourth-order valence-corrected chi connectivity index (χ4v) is 4.99. The highest BCUT2D eigenvalue weighted by molar-refractivity contribution is 5.46. The second-order valence-corrected chi connectivity index (χ2v) is 8.49. The average Bonchev–Trinajstić information content (AvgIpc) is 3.34. The van der Waals surface area contributed by atoms with Crippen LogP contribution in [0, 0.1) is 0 Å². The summed E-state index contributed by atoms with van der Waals surface area (Å²) in [4.78, 5) is 14.6. The van der Waals surface area contributed by atoms with Crippen LogP contribution in [0.2, 0.25) is 0 Å². The van der Waals surface area contributed by atoms with Crippen LogP contribution >= 0.6 is 0 Å². The first-order valence-corrected chi connectivity index (χ1v) is 11.0. The van der Waals surface area contributed by atoms with E-state index in [-0.39, 0.29) is 0 Å². The molecule has 154 valence electrons. The molecule has 0 amide bonds. The Balaban J connectivity index is 1.25. The number of rotatable bonds is 4. The van der Waals surface area contributed by atoms with Gasteiger partial charge >= 0.3 is 0 Å². The van der Waals surface area contributed by atoms with E-state index in [9.17, 15) is 0 Å². The summed E-state index contributed by atoms with van der Waals surface area (Å²) in [5.41, 5.74) is 4.16. The SMILES string of the molecule is CNc1nc([C@@H]2CCOC2)cc(N2CCC(N3CCc4ccccc4C3)CC2)n1. The molecule has 2 saturated heterocycles. The van der Waals surface area contributed by atoms with E-state index in [1.54, 1.807) is 0 Å². The molecular weight excluding hydrogens is 362 g/mol. The molecule has 0 spiro atoms. The maximum Gasteiger partial charge on any atom is 0.224 e. The number of anilines is 2. The predicted molar refractivity (Wildman–Crippen MR) is 116 cm³/mol. The standard InChI is InChI=1S/C23H31N5O/c1-24-23-25-21(19-9-13-29-16-19)14-22(26-23)27-11-7-20(8-12-27)28-10-6-17-4-2-3-5-18(17)15-28/h2-5,14,19-20H,6-13,15-16H2,1H3,(H,24,25,26)/t19-/m1/s1. The van der Waals surface area contributed by atoms with Crippen molar-refractivity contribution in [2.75, 3.05) is 50.1 Å². The second-order valence-electron chi connectivity index (χ2n) is 8.49. The summed E-state index contributed by atoms with van der Waals surface area (Å²) in [5, 5.41) is 3.14. The lowest BCUT2D eigenvalue weighted by Crippen LogP contribution is -2.46. The van der Waals surface area contributed by atoms with E-state index in [0.717, 1.165) is 56.7 Å². The number of benzene rings is 1. The molecule has 0 bridgehead atoms. The number of hydrogen-bond donors (Lipinski definition) is 1. The van der Waals surface area contributed by atoms with Crippen LogP contribution in [0.1, 0.15) is 42.0 Å². The smallest absolute Gasteiger partial charge is 0.224 e. The maximum absolute atomic E-state index is 5.58. The monoisotopic (exact) mass is 393 g/mol. The molecule has 0 radical (unpaired) electrons. The highest BCUT2D eigenvalue weighted by Crippen LogP contribution is 2.30. The van der Waals surface area contributed by atoms with Crippen molar-refractivity contribution in [3.8, 4) is 0 Å². The van der Waals surface area contributed by atoms with Crippen LogP contribution in [0.25, 0.3) is 0 Å². The largest absolute Gasteiger partial charge is 0.381 e. The molecule has 6 heteroatoms. The molecule has 3 aliphatic rings. The van der Waals surface area contributed by atoms with E-state index in [2.05, 4.69) is 45.4 Å². The van der Waals surface area contributed by atoms with Gasteiger partial charge in [-0.05, 0) is 36.8 Å². The Morgan fingerprint density at radius 2 is 1.86 bits per heavy atom. The van der Waals surface area contributed by atoms with Crippen molar-refractivity contribution in [1.29, 1.82) is 0 Å². The van der Waals surface area contributed by atoms with Gasteiger partial charge in [-0.25, -0.2) is 4.98 Å². The van der Waals surface area contributed by atoms with E-state index < -0.39 is 0 Å². The molecule has 2 aromatic rings. The average molecular weight is 394 g/mol. The zero-order valence-electron chi connectivity index (χ0n) is 17.3. The van der Waals surface area contributed by atoms with Crippen LogP contribution in [-0.4, -0.2) is 60.8 Å². The summed E-state index contributed by atoms with van der Waals surface area (Å²) in [7, 11) is 1.90. The van der Waals surface area contributed by atoms with Gasteiger partial charge in [0.2, 0.25) is 5.95 Å². The molecule has 4 heterocycles. The van der Waals surface area contributed by atoms with Crippen molar-refractivity contribution < 1.29 is 4.74 Å². The molecule has 0 aliphatic carbocycles. The Labute approximate surface area is 173 Å². The van der Waals surface area contributed by atoms with Crippen molar-refractivity contribution in [1.82, 2.24) is 14.9 Å². The van der Waals surface area contributed by atoms with E-state index in [0.29, 0.717) is 12.0 Å². The van der Waals surface area contributed by atoms with Crippen molar-refractivity contribution in [2.24, 2.45) is 0 Å². The molecule has 6 nitrogen and oxygen atoms in total. The number of aromatic nitrogens is 2. The van der Waals surface area contributed by atoms with Gasteiger partial charge in [0, 0.05) is 57.9 Å². The van der Waals surface area contributed by atoms with Crippen molar-refractivity contribution in [3.63, 3.8) is 0 Å². The van der Waals surface area contributed by atoms with Gasteiger partial charge in [-0.2, -0.15) is 4.98 Å². The summed E-state index contributed by atoms with van der Waals surface area (Å²) in [5.74, 6) is 2.18. The highest BCUT2D eigenvalue weighted by Gasteiger charge is 2.28. The molecule has 0 saturated carbocycles. The molecule has 2 fully saturated rings. The molecule has 1 aromatic carbocycles. The lowest BCUT2D eigenvalue weighted by molar-refractivity contribution is 0.153. The Hall–Kier alpha value is -2.18. The number of hydrogen-bond acceptors (Lipinski definition) is 6. The van der Waals surface area contributed by atoms with E-state index in [1.165, 1.54) is 36.9 Å². The summed E-state index contributed by atoms with van der Waals surface area (Å²) >= 11 is 0. The lowest BCUT2D eigenvalue weighted by Gasteiger charge is -2.41. The van der Waals surface area contributed by atoms with Crippen LogP contribution in [0.5, 0.6) is 0 Å². The number of piperidine rings is 1. The lowest BCUT2D eigenvalue weighted by atomic mass is 9.95. The van der Waals surface area contributed by atoms with E-state index in [1.807, 2.05) is 7.05 Å². The third-order valence-electron chi connectivity index (χ3n) is 6.77. The molecule has 29 heavy (non-hydrogen) atoms. The Bertz CT molecular complexity index is 843. The number of nitrogens with zero attached hydrogens (tertiary/aromatic N) is 4. The summed E-state index contributed by atoms with van der Waals surface area (Å²) in [6.45, 7) is 6.02. The summed E-state index contributed by atoms with van der Waals surface area (Å²) in [6.07, 6.45) is 4.63. The van der Waals surface area contributed by atoms with Gasteiger partial charge in [0.05, 0.1) is 12.3 Å². The van der Waals surface area contributed by atoms with Crippen LogP contribution < -0.4 is 10.2 Å². The molecule has 1 atom stereocenters. The number of fused-ring (bicyclic) bond motifs is 1. The highest BCUT2D eigenvalue weighted by atomic mass is 16.5. The quantitative estimate of drug-likeness (QED) is 0.862. The van der Waals surface area contributed by atoms with Gasteiger partial charge in [0.15, 0.2) is 0 Å². The molecule has 1 aromatic heterocycles. The third kappa shape index (κ3) is 3.96. The van der Waals surface area contributed by atoms with Gasteiger partial charge in [-0.3, -0.25) is 4.90 Å². The van der Waals surface area contributed by atoms with Crippen LogP contribution in [0.4, 0.5) is 11.8 Å². The second kappa shape index (κ2) is 8.28. The van der Waals surface area contributed by atoms with Gasteiger partial charge in [0.1, 0.15) is 5.82 Å². The predicted octanol–water partition coefficient (Wildman–Crippen LogP) is 3.05. The summed E-state index contributed by atoms with van der Waals surface area (Å²) < 4.78 is 5.58. The first-order valence-electron chi connectivity index (χ1n) is 11.0. The van der Waals surface area contributed by atoms with Crippen molar-refractivity contribution in [2.45, 2.75) is 44.2 Å². The van der Waals surface area contributed by atoms with E-state index in [4.69, 9.17) is 14.7 Å². The minimum atomic E-state index is 0.398. The summed E-state index contributed by atoms with van der Waals surface area (Å²) in [6, 6.07) is 11.8. The van der Waals surface area contributed by atoms with Crippen LogP contribution in [0.15, 0.2) is 30.3 Å². The molecule has 1 N–H and O–H groups in total.